The van der Waals surface area contributed by atoms with Gasteiger partial charge in [0.05, 0.1) is 5.52 Å². The smallest absolute Gasteiger partial charge is 0.124 e. The largest absolute Gasteiger partial charge is 0.398 e. The lowest BCUT2D eigenvalue weighted by Crippen LogP contribution is -2.14. The number of pyridine rings is 1. The van der Waals surface area contributed by atoms with Crippen LogP contribution in [0, 0.1) is 17.7 Å². The summed E-state index contributed by atoms with van der Waals surface area (Å²) >= 11 is 0. The molecule has 0 spiro atoms. The van der Waals surface area contributed by atoms with Gasteiger partial charge in [-0.1, -0.05) is 0 Å². The fourth-order valence-corrected chi connectivity index (χ4v) is 3.27. The average molecular weight is 243 g/mol. The number of nitrogen functional groups attached to an aromatic ring is 1. The van der Waals surface area contributed by atoms with Crippen molar-refractivity contribution in [1.82, 2.24) is 10.3 Å². The molecule has 0 amide bonds. The molecule has 2 heterocycles. The van der Waals surface area contributed by atoms with E-state index in [9.17, 15) is 4.39 Å². The molecule has 2 aromatic rings. The predicted octanol–water partition coefficient (Wildman–Crippen LogP) is 1.89. The van der Waals surface area contributed by atoms with E-state index in [4.69, 9.17) is 5.73 Å². The van der Waals surface area contributed by atoms with Gasteiger partial charge in [0.15, 0.2) is 0 Å². The van der Waals surface area contributed by atoms with Gasteiger partial charge in [-0.05, 0) is 49.2 Å². The number of nitrogens with zero attached hydrogens (tertiary/aromatic N) is 1. The van der Waals surface area contributed by atoms with Crippen molar-refractivity contribution >= 4 is 16.6 Å². The van der Waals surface area contributed by atoms with Crippen molar-refractivity contribution < 1.29 is 4.39 Å². The molecule has 18 heavy (non-hydrogen) atoms. The number of anilines is 1. The molecule has 1 aliphatic carbocycles. The maximum absolute atomic E-state index is 13.2. The van der Waals surface area contributed by atoms with Crippen molar-refractivity contribution in [2.75, 3.05) is 18.8 Å². The highest BCUT2D eigenvalue weighted by molar-refractivity contribution is 5.90. The van der Waals surface area contributed by atoms with Crippen LogP contribution < -0.4 is 11.1 Å². The Bertz CT molecular complexity index is 630. The van der Waals surface area contributed by atoms with Crippen molar-refractivity contribution in [3.05, 3.63) is 35.8 Å². The third kappa shape index (κ3) is 1.35. The summed E-state index contributed by atoms with van der Waals surface area (Å²) in [4.78, 5) is 4.65. The highest BCUT2D eigenvalue weighted by Gasteiger charge is 2.54. The van der Waals surface area contributed by atoms with Crippen LogP contribution in [0.2, 0.25) is 0 Å². The van der Waals surface area contributed by atoms with Crippen LogP contribution >= 0.6 is 0 Å². The highest BCUT2D eigenvalue weighted by atomic mass is 19.1. The fourth-order valence-electron chi connectivity index (χ4n) is 3.27. The summed E-state index contributed by atoms with van der Waals surface area (Å²) < 4.78 is 13.2. The van der Waals surface area contributed by atoms with Crippen LogP contribution in [0.4, 0.5) is 10.1 Å². The first kappa shape index (κ1) is 10.3. The minimum Gasteiger partial charge on any atom is -0.398 e. The van der Waals surface area contributed by atoms with Crippen LogP contribution in [-0.4, -0.2) is 18.1 Å². The molecule has 3 N–H and O–H groups in total. The van der Waals surface area contributed by atoms with E-state index < -0.39 is 0 Å². The molecule has 2 atom stereocenters. The first-order chi connectivity index (χ1) is 8.74. The maximum atomic E-state index is 13.2. The van der Waals surface area contributed by atoms with Gasteiger partial charge >= 0.3 is 0 Å². The Balaban J connectivity index is 1.81. The second-order valence-electron chi connectivity index (χ2n) is 5.31. The zero-order chi connectivity index (χ0) is 12.3. The van der Waals surface area contributed by atoms with Gasteiger partial charge in [0, 0.05) is 22.7 Å². The molecule has 3 nitrogen and oxygen atoms in total. The summed E-state index contributed by atoms with van der Waals surface area (Å²) in [5.74, 6) is 1.71. The van der Waals surface area contributed by atoms with E-state index >= 15 is 0 Å². The van der Waals surface area contributed by atoms with E-state index in [2.05, 4.69) is 10.3 Å². The van der Waals surface area contributed by atoms with E-state index in [-0.39, 0.29) is 5.82 Å². The third-order valence-electron chi connectivity index (χ3n) is 4.26. The number of halogens is 1. The number of rotatable bonds is 1. The quantitative estimate of drug-likeness (QED) is 0.804. The van der Waals surface area contributed by atoms with Crippen LogP contribution in [0.3, 0.4) is 0 Å². The van der Waals surface area contributed by atoms with Gasteiger partial charge < -0.3 is 11.1 Å². The number of piperidine rings is 1. The third-order valence-corrected chi connectivity index (χ3v) is 4.26. The molecule has 2 unspecified atom stereocenters. The molecule has 1 saturated heterocycles. The Kier molecular flexibility index (Phi) is 1.95. The lowest BCUT2D eigenvalue weighted by Gasteiger charge is -2.08. The molecular weight excluding hydrogens is 229 g/mol. The summed E-state index contributed by atoms with van der Waals surface area (Å²) in [5, 5.41) is 4.08. The van der Waals surface area contributed by atoms with E-state index in [1.165, 1.54) is 12.1 Å². The van der Waals surface area contributed by atoms with Gasteiger partial charge in [-0.15, -0.1) is 0 Å². The number of benzene rings is 1. The number of nitrogens with two attached hydrogens (primary N) is 1. The van der Waals surface area contributed by atoms with Crippen LogP contribution in [0.15, 0.2) is 24.3 Å². The molecule has 1 aliphatic heterocycles. The normalized spacial score (nSPS) is 29.5. The molecule has 2 aliphatic rings. The van der Waals surface area contributed by atoms with Gasteiger partial charge in [0.2, 0.25) is 0 Å². The van der Waals surface area contributed by atoms with E-state index in [1.54, 1.807) is 6.07 Å². The molecular formula is C14H14FN3. The molecule has 4 rings (SSSR count). The molecule has 92 valence electrons. The summed E-state index contributed by atoms with van der Waals surface area (Å²) in [6, 6.07) is 6.52. The Labute approximate surface area is 104 Å². The Morgan fingerprint density at radius 2 is 2.00 bits per heavy atom. The first-order valence-electron chi connectivity index (χ1n) is 6.30. The molecule has 2 fully saturated rings. The second-order valence-corrected chi connectivity index (χ2v) is 5.31. The van der Waals surface area contributed by atoms with Gasteiger partial charge in [0.1, 0.15) is 5.82 Å². The van der Waals surface area contributed by atoms with Crippen LogP contribution in [0.1, 0.15) is 11.6 Å². The van der Waals surface area contributed by atoms with E-state index in [0.29, 0.717) is 17.0 Å². The predicted molar refractivity (Wildman–Crippen MR) is 68.7 cm³/mol. The van der Waals surface area contributed by atoms with Crippen molar-refractivity contribution in [3.63, 3.8) is 0 Å². The van der Waals surface area contributed by atoms with E-state index in [1.807, 2.05) is 6.07 Å². The summed E-state index contributed by atoms with van der Waals surface area (Å²) in [6.45, 7) is 2.16. The zero-order valence-corrected chi connectivity index (χ0v) is 9.86. The van der Waals surface area contributed by atoms with Crippen LogP contribution in [0.25, 0.3) is 10.9 Å². The maximum Gasteiger partial charge on any atom is 0.124 e. The van der Waals surface area contributed by atoms with Crippen molar-refractivity contribution in [1.29, 1.82) is 0 Å². The second kappa shape index (κ2) is 3.42. The SMILES string of the molecule is Nc1cc(C2C3CNCC32)nc2ccc(F)cc12. The Morgan fingerprint density at radius 3 is 2.78 bits per heavy atom. The lowest BCUT2D eigenvalue weighted by atomic mass is 10.1. The summed E-state index contributed by atoms with van der Waals surface area (Å²) in [5.41, 5.74) is 8.52. The Morgan fingerprint density at radius 1 is 1.22 bits per heavy atom. The van der Waals surface area contributed by atoms with Crippen molar-refractivity contribution in [3.8, 4) is 0 Å². The fraction of sp³-hybridized carbons (Fsp3) is 0.357. The van der Waals surface area contributed by atoms with Gasteiger partial charge in [0.25, 0.3) is 0 Å². The Hall–Kier alpha value is -1.68. The monoisotopic (exact) mass is 243 g/mol. The number of fused-ring (bicyclic) bond motifs is 2. The zero-order valence-electron chi connectivity index (χ0n) is 9.86. The number of nitrogens with one attached hydrogen (secondary N) is 1. The summed E-state index contributed by atoms with van der Waals surface area (Å²) in [6.07, 6.45) is 0. The molecule has 0 bridgehead atoms. The number of hydrogen-bond acceptors (Lipinski definition) is 3. The van der Waals surface area contributed by atoms with Crippen molar-refractivity contribution in [2.24, 2.45) is 11.8 Å². The van der Waals surface area contributed by atoms with Crippen LogP contribution in [-0.2, 0) is 0 Å². The molecule has 4 heteroatoms. The average Bonchev–Trinajstić information content (AvgIpc) is 2.84. The molecule has 1 saturated carbocycles. The van der Waals surface area contributed by atoms with Crippen molar-refractivity contribution in [2.45, 2.75) is 5.92 Å². The van der Waals surface area contributed by atoms with Crippen LogP contribution in [0.5, 0.6) is 0 Å². The van der Waals surface area contributed by atoms with E-state index in [0.717, 1.165) is 36.1 Å². The standard InChI is InChI=1S/C14H14FN3/c15-7-1-2-12-8(3-7)11(16)4-13(18-12)14-9-5-17-6-10(9)14/h1-4,9-10,14,17H,5-6H2,(H2,16,18). The molecule has 1 aromatic carbocycles. The topological polar surface area (TPSA) is 50.9 Å². The minimum atomic E-state index is -0.267. The summed E-state index contributed by atoms with van der Waals surface area (Å²) in [7, 11) is 0. The molecule has 0 radical (unpaired) electrons. The van der Waals surface area contributed by atoms with Gasteiger partial charge in [-0.3, -0.25) is 4.98 Å². The minimum absolute atomic E-state index is 0.267. The lowest BCUT2D eigenvalue weighted by molar-refractivity contribution is 0.629. The van der Waals surface area contributed by atoms with Gasteiger partial charge in [-0.2, -0.15) is 0 Å². The first-order valence-corrected chi connectivity index (χ1v) is 6.30. The number of hydrogen-bond donors (Lipinski definition) is 2. The highest BCUT2D eigenvalue weighted by Crippen LogP contribution is 2.55. The number of aromatic nitrogens is 1. The molecule has 1 aromatic heterocycles. The van der Waals surface area contributed by atoms with Gasteiger partial charge in [-0.25, -0.2) is 4.39 Å².